The number of nitrogens with zero attached hydrogens (tertiary/aromatic N) is 2. The highest BCUT2D eigenvalue weighted by molar-refractivity contribution is 6.49. The van der Waals surface area contributed by atoms with Gasteiger partial charge in [0.2, 0.25) is 0 Å². The van der Waals surface area contributed by atoms with E-state index in [2.05, 4.69) is 41.5 Å². The molecule has 1 aliphatic heterocycles. The number of hydrogen-bond donors (Lipinski definition) is 0. The Kier molecular flexibility index (Phi) is 4.67. The fraction of sp³-hybridized carbons (Fsp3) is 0.375. The Morgan fingerprint density at radius 1 is 0.778 bits per heavy atom. The Morgan fingerprint density at radius 3 is 1.78 bits per heavy atom. The lowest BCUT2D eigenvalue weighted by Crippen LogP contribution is -2.28. The summed E-state index contributed by atoms with van der Waals surface area (Å²) in [6, 6.07) is 10.1. The summed E-state index contributed by atoms with van der Waals surface area (Å²) in [4.78, 5) is 22.6. The number of allylic oxidation sites excluding steroid dienone is 5. The van der Waals surface area contributed by atoms with E-state index in [9.17, 15) is 4.79 Å². The van der Waals surface area contributed by atoms with E-state index < -0.39 is 0 Å². The molecule has 3 rings (SSSR count). The highest BCUT2D eigenvalue weighted by Crippen LogP contribution is 2.40. The Morgan fingerprint density at radius 2 is 1.30 bits per heavy atom. The number of Topliss-reactive ketones (excluding diaryl/α,β-unsaturated/α-hetero) is 1. The third kappa shape index (κ3) is 3.78. The first kappa shape index (κ1) is 19.2. The molecule has 0 unspecified atom stereocenters. The van der Waals surface area contributed by atoms with Crippen molar-refractivity contribution in [3.63, 3.8) is 0 Å². The van der Waals surface area contributed by atoms with Crippen molar-refractivity contribution in [3.05, 3.63) is 70.6 Å². The first-order chi connectivity index (χ1) is 12.5. The number of hydrogen-bond acceptors (Lipinski definition) is 3. The van der Waals surface area contributed by atoms with Crippen molar-refractivity contribution in [2.24, 2.45) is 20.8 Å². The second-order valence-corrected chi connectivity index (χ2v) is 9.25. The number of benzene rings is 1. The average molecular weight is 361 g/mol. The lowest BCUT2D eigenvalue weighted by atomic mass is 9.72. The Labute approximate surface area is 162 Å². The topological polar surface area (TPSA) is 41.8 Å². The predicted octanol–water partition coefficient (Wildman–Crippen LogP) is 5.69. The zero-order valence-corrected chi connectivity index (χ0v) is 17.3. The molecule has 1 aromatic rings. The molecular formula is C24H28N2O. The second-order valence-electron chi connectivity index (χ2n) is 9.25. The van der Waals surface area contributed by atoms with Gasteiger partial charge in [-0.1, -0.05) is 71.9 Å². The van der Waals surface area contributed by atoms with Crippen LogP contribution in [0.1, 0.15) is 54.0 Å². The first-order valence-corrected chi connectivity index (χ1v) is 9.41. The van der Waals surface area contributed by atoms with E-state index >= 15 is 0 Å². The van der Waals surface area contributed by atoms with Crippen molar-refractivity contribution < 1.29 is 4.79 Å². The minimum absolute atomic E-state index is 0.130. The molecule has 27 heavy (non-hydrogen) atoms. The van der Waals surface area contributed by atoms with Crippen LogP contribution in [0.3, 0.4) is 0 Å². The maximum atomic E-state index is 13.1. The van der Waals surface area contributed by atoms with Gasteiger partial charge in [0.1, 0.15) is 0 Å². The smallest absolute Gasteiger partial charge is 0.186 e. The molecule has 0 atom stereocenters. The summed E-state index contributed by atoms with van der Waals surface area (Å²) >= 11 is 0. The summed E-state index contributed by atoms with van der Waals surface area (Å²) in [5.41, 5.74) is 4.91. The van der Waals surface area contributed by atoms with E-state index in [1.807, 2.05) is 49.4 Å². The quantitative estimate of drug-likeness (QED) is 0.634. The predicted molar refractivity (Wildman–Crippen MR) is 113 cm³/mol. The molecule has 0 saturated carbocycles. The molecule has 0 spiro atoms. The monoisotopic (exact) mass is 360 g/mol. The standard InChI is InChI=1S/C24H28N2O/c1-15-20(16-11-9-8-10-12-16)26-22(25-15)17-13-18(23(2,3)4)21(27)19(14-17)24(5,6)7/h8-14H,1-7H3. The third-order valence-corrected chi connectivity index (χ3v) is 4.84. The molecule has 0 bridgehead atoms. The Bertz CT molecular complexity index is 904. The van der Waals surface area contributed by atoms with Gasteiger partial charge in [0.05, 0.1) is 11.4 Å². The molecular weight excluding hydrogens is 332 g/mol. The van der Waals surface area contributed by atoms with Crippen LogP contribution in [-0.2, 0) is 4.79 Å². The maximum absolute atomic E-state index is 13.1. The first-order valence-electron chi connectivity index (χ1n) is 9.41. The van der Waals surface area contributed by atoms with E-state index in [1.165, 1.54) is 0 Å². The van der Waals surface area contributed by atoms with Gasteiger partial charge in [-0.05, 0) is 29.9 Å². The molecule has 0 saturated heterocycles. The van der Waals surface area contributed by atoms with E-state index in [0.29, 0.717) is 5.82 Å². The van der Waals surface area contributed by atoms with Gasteiger partial charge >= 0.3 is 0 Å². The summed E-state index contributed by atoms with van der Waals surface area (Å²) in [6.07, 6.45) is 3.95. The van der Waals surface area contributed by atoms with Gasteiger partial charge in [0.15, 0.2) is 11.6 Å². The lowest BCUT2D eigenvalue weighted by Gasteiger charge is -2.31. The molecule has 1 heterocycles. The van der Waals surface area contributed by atoms with Crippen LogP contribution in [0.25, 0.3) is 0 Å². The van der Waals surface area contributed by atoms with Gasteiger partial charge in [-0.2, -0.15) is 0 Å². The normalized spacial score (nSPS) is 18.3. The molecule has 2 aliphatic rings. The molecule has 0 aromatic heterocycles. The van der Waals surface area contributed by atoms with E-state index in [-0.39, 0.29) is 16.6 Å². The van der Waals surface area contributed by atoms with Gasteiger partial charge in [-0.25, -0.2) is 9.98 Å². The summed E-state index contributed by atoms with van der Waals surface area (Å²) < 4.78 is 0. The van der Waals surface area contributed by atoms with Crippen molar-refractivity contribution in [1.29, 1.82) is 0 Å². The average Bonchev–Trinajstić information content (AvgIpc) is 2.95. The van der Waals surface area contributed by atoms with E-state index in [0.717, 1.165) is 33.7 Å². The minimum atomic E-state index is -0.239. The van der Waals surface area contributed by atoms with Crippen LogP contribution in [0, 0.1) is 10.8 Å². The van der Waals surface area contributed by atoms with Crippen LogP contribution in [-0.4, -0.2) is 17.2 Å². The van der Waals surface area contributed by atoms with Crippen molar-refractivity contribution in [1.82, 2.24) is 0 Å². The number of aliphatic imine (C=N–C) groups is 2. The minimum Gasteiger partial charge on any atom is -0.289 e. The molecule has 3 heteroatoms. The number of carbonyl (C=O) groups is 1. The summed E-state index contributed by atoms with van der Waals surface area (Å²) in [6.45, 7) is 14.4. The van der Waals surface area contributed by atoms with Gasteiger partial charge in [-0.3, -0.25) is 4.79 Å². The molecule has 3 nitrogen and oxygen atoms in total. The molecule has 0 amide bonds. The summed E-state index contributed by atoms with van der Waals surface area (Å²) in [7, 11) is 0. The van der Waals surface area contributed by atoms with Crippen LogP contribution < -0.4 is 0 Å². The zero-order valence-electron chi connectivity index (χ0n) is 17.3. The lowest BCUT2D eigenvalue weighted by molar-refractivity contribution is -0.114. The molecule has 1 aromatic carbocycles. The fourth-order valence-corrected chi connectivity index (χ4v) is 3.29. The van der Waals surface area contributed by atoms with Crippen molar-refractivity contribution >= 4 is 17.2 Å². The summed E-state index contributed by atoms with van der Waals surface area (Å²) in [5.74, 6) is 0.813. The zero-order chi connectivity index (χ0) is 20.0. The summed E-state index contributed by atoms with van der Waals surface area (Å²) in [5, 5.41) is 0. The SMILES string of the molecule is CC1=NC(=C2C=C(C(C)(C)C)C(=O)C(C(C)(C)C)=C2)N=C1c1ccccc1. The van der Waals surface area contributed by atoms with Crippen LogP contribution >= 0.6 is 0 Å². The van der Waals surface area contributed by atoms with Crippen LogP contribution in [0.2, 0.25) is 0 Å². The molecule has 140 valence electrons. The van der Waals surface area contributed by atoms with E-state index in [4.69, 9.17) is 9.98 Å². The largest absolute Gasteiger partial charge is 0.289 e. The van der Waals surface area contributed by atoms with Gasteiger partial charge in [0.25, 0.3) is 0 Å². The number of rotatable bonds is 1. The van der Waals surface area contributed by atoms with Gasteiger partial charge in [0, 0.05) is 22.3 Å². The third-order valence-electron chi connectivity index (χ3n) is 4.84. The number of ketones is 1. The van der Waals surface area contributed by atoms with Crippen molar-refractivity contribution in [3.8, 4) is 0 Å². The highest BCUT2D eigenvalue weighted by Gasteiger charge is 2.35. The Hall–Kier alpha value is -2.55. The van der Waals surface area contributed by atoms with Crippen LogP contribution in [0.5, 0.6) is 0 Å². The fourth-order valence-electron chi connectivity index (χ4n) is 3.29. The van der Waals surface area contributed by atoms with Crippen molar-refractivity contribution in [2.75, 3.05) is 0 Å². The second kappa shape index (κ2) is 6.56. The molecule has 0 radical (unpaired) electrons. The van der Waals surface area contributed by atoms with Crippen LogP contribution in [0.15, 0.2) is 75.0 Å². The van der Waals surface area contributed by atoms with Gasteiger partial charge < -0.3 is 0 Å². The highest BCUT2D eigenvalue weighted by atomic mass is 16.1. The maximum Gasteiger partial charge on any atom is 0.186 e. The molecule has 0 N–H and O–H groups in total. The van der Waals surface area contributed by atoms with Crippen molar-refractivity contribution in [2.45, 2.75) is 48.5 Å². The Balaban J connectivity index is 2.19. The molecule has 0 fully saturated rings. The number of carbonyl (C=O) groups excluding carboxylic acids is 1. The van der Waals surface area contributed by atoms with Gasteiger partial charge in [-0.15, -0.1) is 0 Å². The van der Waals surface area contributed by atoms with Crippen LogP contribution in [0.4, 0.5) is 0 Å². The molecule has 1 aliphatic carbocycles. The van der Waals surface area contributed by atoms with E-state index in [1.54, 1.807) is 0 Å².